The maximum absolute atomic E-state index is 12.9. The first-order valence-corrected chi connectivity index (χ1v) is 9.44. The Morgan fingerprint density at radius 1 is 1.31 bits per heavy atom. The highest BCUT2D eigenvalue weighted by Crippen LogP contribution is 2.59. The van der Waals surface area contributed by atoms with Gasteiger partial charge in [0.2, 0.25) is 17.7 Å². The zero-order valence-electron chi connectivity index (χ0n) is 15.6. The molecule has 2 heterocycles. The van der Waals surface area contributed by atoms with E-state index in [1.807, 2.05) is 20.8 Å². The van der Waals surface area contributed by atoms with Crippen molar-refractivity contribution >= 4 is 40.0 Å². The monoisotopic (exact) mass is 377 g/mol. The lowest BCUT2D eigenvalue weighted by atomic mass is 9.62. The third-order valence-electron chi connectivity index (χ3n) is 6.17. The van der Waals surface area contributed by atoms with Crippen LogP contribution in [0.15, 0.2) is 0 Å². The Kier molecular flexibility index (Phi) is 4.29. The zero-order chi connectivity index (χ0) is 19.4. The highest BCUT2D eigenvalue weighted by molar-refractivity contribution is 7.17. The van der Waals surface area contributed by atoms with Crippen molar-refractivity contribution in [3.63, 3.8) is 0 Å². The Hall–Kier alpha value is -2.09. The first-order chi connectivity index (χ1) is 12.0. The molecule has 3 amide bonds. The largest absolute Gasteiger partial charge is 0.300 e. The summed E-state index contributed by atoms with van der Waals surface area (Å²) in [6, 6.07) is 0. The van der Waals surface area contributed by atoms with Gasteiger partial charge in [-0.05, 0) is 25.2 Å². The molecule has 0 radical (unpaired) electrons. The molecular formula is C18H23N3O4S. The Bertz CT molecular complexity index is 828. The van der Waals surface area contributed by atoms with Crippen molar-refractivity contribution in [3.8, 4) is 0 Å². The molecular weight excluding hydrogens is 354 g/mol. The predicted octanol–water partition coefficient (Wildman–Crippen LogP) is 2.40. The smallest absolute Gasteiger partial charge is 0.246 e. The molecule has 1 saturated carbocycles. The number of thiazole rings is 1. The minimum absolute atomic E-state index is 0.117. The van der Waals surface area contributed by atoms with Gasteiger partial charge in [0.1, 0.15) is 6.54 Å². The average molecular weight is 377 g/mol. The summed E-state index contributed by atoms with van der Waals surface area (Å²) in [6.07, 6.45) is 1.32. The number of aryl methyl sites for hydroxylation is 1. The Morgan fingerprint density at radius 2 is 1.96 bits per heavy atom. The van der Waals surface area contributed by atoms with Crippen molar-refractivity contribution in [3.05, 3.63) is 10.6 Å². The summed E-state index contributed by atoms with van der Waals surface area (Å²) >= 11 is 1.09. The number of nitrogens with zero attached hydrogens (tertiary/aromatic N) is 2. The minimum atomic E-state index is -0.634. The number of Topliss-reactive ketones (excluding diaryl/α,β-unsaturated/α-hetero) is 1. The molecule has 140 valence electrons. The molecule has 8 heteroatoms. The molecule has 2 aliphatic rings. The third kappa shape index (κ3) is 2.58. The molecule has 0 aromatic carbocycles. The van der Waals surface area contributed by atoms with Crippen LogP contribution < -0.4 is 5.32 Å². The van der Waals surface area contributed by atoms with Gasteiger partial charge in [-0.2, -0.15) is 0 Å². The Balaban J connectivity index is 1.76. The number of nitrogens with one attached hydrogen (secondary N) is 1. The number of anilines is 1. The van der Waals surface area contributed by atoms with Gasteiger partial charge >= 0.3 is 0 Å². The van der Waals surface area contributed by atoms with E-state index in [9.17, 15) is 19.2 Å². The molecule has 7 nitrogen and oxygen atoms in total. The molecule has 0 spiro atoms. The van der Waals surface area contributed by atoms with Crippen LogP contribution in [-0.4, -0.2) is 39.9 Å². The van der Waals surface area contributed by atoms with Gasteiger partial charge in [-0.15, -0.1) is 0 Å². The molecule has 3 rings (SSSR count). The van der Waals surface area contributed by atoms with E-state index in [0.717, 1.165) is 16.2 Å². The van der Waals surface area contributed by atoms with Crippen LogP contribution in [0.2, 0.25) is 0 Å². The topological polar surface area (TPSA) is 96.4 Å². The van der Waals surface area contributed by atoms with Crippen molar-refractivity contribution in [2.75, 3.05) is 11.9 Å². The van der Waals surface area contributed by atoms with Crippen LogP contribution >= 0.6 is 11.3 Å². The predicted molar refractivity (Wildman–Crippen MR) is 96.8 cm³/mol. The number of fused-ring (bicyclic) bond motifs is 2. The number of carbonyl (C=O) groups is 4. The molecule has 1 saturated heterocycles. The quantitative estimate of drug-likeness (QED) is 0.642. The summed E-state index contributed by atoms with van der Waals surface area (Å²) in [5, 5.41) is 2.90. The van der Waals surface area contributed by atoms with Gasteiger partial charge in [-0.1, -0.05) is 32.1 Å². The van der Waals surface area contributed by atoms with Crippen molar-refractivity contribution in [1.82, 2.24) is 9.88 Å². The van der Waals surface area contributed by atoms with E-state index in [1.54, 1.807) is 6.92 Å². The normalized spacial score (nSPS) is 27.0. The molecule has 1 N–H and O–H groups in total. The zero-order valence-corrected chi connectivity index (χ0v) is 16.5. The fourth-order valence-electron chi connectivity index (χ4n) is 4.13. The molecule has 1 aromatic heterocycles. The lowest BCUT2D eigenvalue weighted by Crippen LogP contribution is -2.60. The second kappa shape index (κ2) is 5.97. The van der Waals surface area contributed by atoms with E-state index in [2.05, 4.69) is 10.3 Å². The van der Waals surface area contributed by atoms with Gasteiger partial charge in [0.25, 0.3) is 0 Å². The van der Waals surface area contributed by atoms with Crippen LogP contribution in [0.3, 0.4) is 0 Å². The highest BCUT2D eigenvalue weighted by Gasteiger charge is 2.64. The van der Waals surface area contributed by atoms with Gasteiger partial charge in [0.05, 0.1) is 16.0 Å². The van der Waals surface area contributed by atoms with Gasteiger partial charge in [0, 0.05) is 12.8 Å². The summed E-state index contributed by atoms with van der Waals surface area (Å²) < 4.78 is 0. The third-order valence-corrected chi connectivity index (χ3v) is 7.35. The number of hydrogen-bond donors (Lipinski definition) is 1. The second-order valence-electron chi connectivity index (χ2n) is 7.91. The standard InChI is InChI=1S/C18H23N3O4S/c1-9-13(10(2)22)26-16(19-9)20-12(23)8-21-14(24)11-6-7-18(5,15(21)25)17(11,3)4/h11H,6-8H2,1-5H3,(H,19,20,23). The molecule has 1 aliphatic heterocycles. The summed E-state index contributed by atoms with van der Waals surface area (Å²) in [7, 11) is 0. The van der Waals surface area contributed by atoms with E-state index < -0.39 is 16.7 Å². The lowest BCUT2D eigenvalue weighted by Gasteiger charge is -2.47. The number of amides is 3. The van der Waals surface area contributed by atoms with Crippen LogP contribution in [0.1, 0.15) is 55.9 Å². The molecule has 2 atom stereocenters. The first-order valence-electron chi connectivity index (χ1n) is 8.63. The van der Waals surface area contributed by atoms with Crippen LogP contribution in [0.4, 0.5) is 5.13 Å². The second-order valence-corrected chi connectivity index (χ2v) is 8.91. The van der Waals surface area contributed by atoms with Gasteiger partial charge in [-0.3, -0.25) is 24.1 Å². The van der Waals surface area contributed by atoms with E-state index in [4.69, 9.17) is 0 Å². The fourth-order valence-corrected chi connectivity index (χ4v) is 5.01. The molecule has 1 aromatic rings. The minimum Gasteiger partial charge on any atom is -0.300 e. The SMILES string of the molecule is CC(=O)c1sc(NC(=O)CN2C(=O)C3CCC(C)(C2=O)C3(C)C)nc1C. The van der Waals surface area contributed by atoms with Gasteiger partial charge in [0.15, 0.2) is 10.9 Å². The fraction of sp³-hybridized carbons (Fsp3) is 0.611. The molecule has 2 fully saturated rings. The number of piperidine rings is 1. The summed E-state index contributed by atoms with van der Waals surface area (Å²) in [5.41, 5.74) is -0.488. The van der Waals surface area contributed by atoms with Crippen molar-refractivity contribution in [2.24, 2.45) is 16.7 Å². The van der Waals surface area contributed by atoms with Crippen LogP contribution in [0.25, 0.3) is 0 Å². The molecule has 2 bridgehead atoms. The number of hydrogen-bond acceptors (Lipinski definition) is 6. The van der Waals surface area contributed by atoms with Crippen molar-refractivity contribution in [2.45, 2.75) is 47.5 Å². The number of ketones is 1. The molecule has 1 aliphatic carbocycles. The lowest BCUT2D eigenvalue weighted by molar-refractivity contribution is -0.168. The number of carbonyl (C=O) groups excluding carboxylic acids is 4. The van der Waals surface area contributed by atoms with Gasteiger partial charge < -0.3 is 5.32 Å². The maximum atomic E-state index is 12.9. The van der Waals surface area contributed by atoms with E-state index in [-0.39, 0.29) is 30.1 Å². The summed E-state index contributed by atoms with van der Waals surface area (Å²) in [4.78, 5) is 55.3. The first kappa shape index (κ1) is 18.7. The number of rotatable bonds is 4. The molecule has 2 unspecified atom stereocenters. The molecule has 26 heavy (non-hydrogen) atoms. The van der Waals surface area contributed by atoms with E-state index in [0.29, 0.717) is 28.5 Å². The van der Waals surface area contributed by atoms with E-state index >= 15 is 0 Å². The van der Waals surface area contributed by atoms with Crippen LogP contribution in [-0.2, 0) is 14.4 Å². The Morgan fingerprint density at radius 3 is 2.54 bits per heavy atom. The average Bonchev–Trinajstić information content (AvgIpc) is 2.98. The van der Waals surface area contributed by atoms with Crippen LogP contribution in [0, 0.1) is 23.7 Å². The maximum Gasteiger partial charge on any atom is 0.246 e. The van der Waals surface area contributed by atoms with E-state index in [1.165, 1.54) is 6.92 Å². The van der Waals surface area contributed by atoms with Crippen molar-refractivity contribution in [1.29, 1.82) is 0 Å². The number of imide groups is 1. The van der Waals surface area contributed by atoms with Crippen LogP contribution in [0.5, 0.6) is 0 Å². The highest BCUT2D eigenvalue weighted by atomic mass is 32.1. The number of aromatic nitrogens is 1. The Labute approximate surface area is 156 Å². The van der Waals surface area contributed by atoms with Gasteiger partial charge in [-0.25, -0.2) is 4.98 Å². The van der Waals surface area contributed by atoms with Crippen molar-refractivity contribution < 1.29 is 19.2 Å². The summed E-state index contributed by atoms with van der Waals surface area (Å²) in [6.45, 7) is 8.61. The summed E-state index contributed by atoms with van der Waals surface area (Å²) in [5.74, 6) is -1.41. The number of likely N-dealkylation sites (tertiary alicyclic amines) is 1.